The molecule has 0 atom stereocenters. The fraction of sp³-hybridized carbons (Fsp3) is 0.318. The number of aromatic amines is 2. The second kappa shape index (κ2) is 8.03. The summed E-state index contributed by atoms with van der Waals surface area (Å²) < 4.78 is 13.4. The number of piperidine rings is 1. The topological polar surface area (TPSA) is 96.0 Å². The van der Waals surface area contributed by atoms with Gasteiger partial charge in [-0.15, -0.1) is 0 Å². The first-order chi connectivity index (χ1) is 14.5. The number of fused-ring (bicyclic) bond motifs is 1. The van der Waals surface area contributed by atoms with Gasteiger partial charge in [-0.1, -0.05) is 0 Å². The van der Waals surface area contributed by atoms with Crippen LogP contribution in [0.25, 0.3) is 11.0 Å². The number of carbonyl (C=O) groups excluding carboxylic acids is 1. The lowest BCUT2D eigenvalue weighted by Crippen LogP contribution is -2.43. The van der Waals surface area contributed by atoms with Crippen molar-refractivity contribution in [1.82, 2.24) is 9.97 Å². The number of amides is 1. The van der Waals surface area contributed by atoms with Gasteiger partial charge in [-0.3, -0.25) is 4.79 Å². The van der Waals surface area contributed by atoms with Gasteiger partial charge in [0.2, 0.25) is 5.91 Å². The first-order valence-electron chi connectivity index (χ1n) is 9.98. The van der Waals surface area contributed by atoms with Crippen molar-refractivity contribution in [1.29, 1.82) is 5.26 Å². The molecule has 7 nitrogen and oxygen atoms in total. The molecule has 8 heteroatoms. The van der Waals surface area contributed by atoms with Gasteiger partial charge < -0.3 is 19.8 Å². The van der Waals surface area contributed by atoms with Gasteiger partial charge in [0.05, 0.1) is 22.3 Å². The smallest absolute Gasteiger partial charge is 0.323 e. The van der Waals surface area contributed by atoms with Crippen LogP contribution in [-0.4, -0.2) is 35.5 Å². The first-order valence-corrected chi connectivity index (χ1v) is 9.98. The van der Waals surface area contributed by atoms with E-state index in [9.17, 15) is 19.2 Å². The number of H-pyrrole nitrogens is 2. The summed E-state index contributed by atoms with van der Waals surface area (Å²) in [5, 5.41) is 9.29. The van der Waals surface area contributed by atoms with Gasteiger partial charge in [0.1, 0.15) is 11.9 Å². The number of imidazole rings is 1. The Morgan fingerprint density at radius 1 is 1.20 bits per heavy atom. The van der Waals surface area contributed by atoms with Crippen LogP contribution < -0.4 is 15.5 Å². The van der Waals surface area contributed by atoms with Gasteiger partial charge in [0.15, 0.2) is 0 Å². The number of halogens is 1. The van der Waals surface area contributed by atoms with Crippen LogP contribution in [0.3, 0.4) is 0 Å². The zero-order valence-corrected chi connectivity index (χ0v) is 16.6. The van der Waals surface area contributed by atoms with E-state index < -0.39 is 5.82 Å². The van der Waals surface area contributed by atoms with E-state index in [2.05, 4.69) is 9.97 Å². The molecule has 1 aromatic heterocycles. The van der Waals surface area contributed by atoms with Gasteiger partial charge in [-0.25, -0.2) is 9.18 Å². The number of hydrogen-bond donors (Lipinski definition) is 2. The Hall–Kier alpha value is -3.60. The number of carbonyl (C=O) groups is 1. The minimum Gasteiger partial charge on any atom is -0.370 e. The van der Waals surface area contributed by atoms with Crippen molar-refractivity contribution in [2.75, 3.05) is 29.4 Å². The van der Waals surface area contributed by atoms with Gasteiger partial charge in [0.25, 0.3) is 0 Å². The highest BCUT2D eigenvalue weighted by atomic mass is 19.1. The predicted molar refractivity (Wildman–Crippen MR) is 113 cm³/mol. The van der Waals surface area contributed by atoms with Crippen LogP contribution in [-0.2, 0) is 4.79 Å². The summed E-state index contributed by atoms with van der Waals surface area (Å²) in [7, 11) is 0. The van der Waals surface area contributed by atoms with E-state index in [1.165, 1.54) is 12.1 Å². The SMILES string of the molecule is CCN(C(=O)C1CCN(c2ccc(F)cc2C#N)CC1)c1ccc2[nH]c(=O)[nH]c2c1. The molecule has 0 radical (unpaired) electrons. The number of hydrogen-bond acceptors (Lipinski definition) is 4. The average molecular weight is 407 g/mol. The number of benzene rings is 2. The molecule has 0 saturated carbocycles. The Kier molecular flexibility index (Phi) is 5.27. The van der Waals surface area contributed by atoms with Crippen LogP contribution in [0.1, 0.15) is 25.3 Å². The molecule has 3 aromatic rings. The van der Waals surface area contributed by atoms with Gasteiger partial charge in [0, 0.05) is 31.2 Å². The molecule has 30 heavy (non-hydrogen) atoms. The third-order valence-corrected chi connectivity index (χ3v) is 5.66. The second-order valence-corrected chi connectivity index (χ2v) is 7.43. The van der Waals surface area contributed by atoms with E-state index >= 15 is 0 Å². The standard InChI is InChI=1S/C22H22FN5O2/c1-2-28(17-4-5-18-19(12-17)26-22(30)25-18)21(29)14-7-9-27(10-8-14)20-6-3-16(23)11-15(20)13-24/h3-6,11-12,14H,2,7-10H2,1H3,(H2,25,26,30). The van der Waals surface area contributed by atoms with Crippen LogP contribution >= 0.6 is 0 Å². The van der Waals surface area contributed by atoms with Crippen molar-refractivity contribution in [3.05, 3.63) is 58.3 Å². The zero-order valence-electron chi connectivity index (χ0n) is 16.6. The molecule has 0 spiro atoms. The summed E-state index contributed by atoms with van der Waals surface area (Å²) >= 11 is 0. The van der Waals surface area contributed by atoms with E-state index in [1.807, 2.05) is 30.0 Å². The number of rotatable bonds is 4. The van der Waals surface area contributed by atoms with Crippen molar-refractivity contribution >= 4 is 28.3 Å². The summed E-state index contributed by atoms with van der Waals surface area (Å²) in [4.78, 5) is 33.9. The molecule has 0 bridgehead atoms. The van der Waals surface area contributed by atoms with Gasteiger partial charge in [-0.05, 0) is 56.2 Å². The van der Waals surface area contributed by atoms with Crippen molar-refractivity contribution in [2.45, 2.75) is 19.8 Å². The monoisotopic (exact) mass is 407 g/mol. The fourth-order valence-corrected chi connectivity index (χ4v) is 4.12. The van der Waals surface area contributed by atoms with Crippen LogP contribution in [0, 0.1) is 23.1 Å². The van der Waals surface area contributed by atoms with Crippen LogP contribution in [0.5, 0.6) is 0 Å². The van der Waals surface area contributed by atoms with Crippen LogP contribution in [0.2, 0.25) is 0 Å². The molecular formula is C22H22FN5O2. The Morgan fingerprint density at radius 3 is 2.63 bits per heavy atom. The third-order valence-electron chi connectivity index (χ3n) is 5.66. The highest BCUT2D eigenvalue weighted by Gasteiger charge is 2.29. The van der Waals surface area contributed by atoms with Crippen molar-refractivity contribution < 1.29 is 9.18 Å². The number of anilines is 2. The maximum absolute atomic E-state index is 13.4. The molecular weight excluding hydrogens is 385 g/mol. The zero-order chi connectivity index (χ0) is 21.3. The summed E-state index contributed by atoms with van der Waals surface area (Å²) in [5.74, 6) is -0.512. The predicted octanol–water partition coefficient (Wildman–Crippen LogP) is 3.14. The lowest BCUT2D eigenvalue weighted by atomic mass is 9.94. The summed E-state index contributed by atoms with van der Waals surface area (Å²) in [6.45, 7) is 3.70. The fourth-order valence-electron chi connectivity index (χ4n) is 4.12. The molecule has 154 valence electrons. The molecule has 0 aliphatic carbocycles. The molecule has 1 amide bonds. The third kappa shape index (κ3) is 3.66. The summed E-state index contributed by atoms with van der Waals surface area (Å²) in [6, 6.07) is 11.7. The quantitative estimate of drug-likeness (QED) is 0.695. The van der Waals surface area contributed by atoms with E-state index in [-0.39, 0.29) is 17.5 Å². The number of nitriles is 1. The highest BCUT2D eigenvalue weighted by Crippen LogP contribution is 2.29. The maximum atomic E-state index is 13.4. The summed E-state index contributed by atoms with van der Waals surface area (Å²) in [6.07, 6.45) is 1.31. The van der Waals surface area contributed by atoms with Gasteiger partial charge >= 0.3 is 5.69 Å². The molecule has 2 N–H and O–H groups in total. The average Bonchev–Trinajstić information content (AvgIpc) is 3.13. The van der Waals surface area contributed by atoms with Crippen molar-refractivity contribution in [3.63, 3.8) is 0 Å². The van der Waals surface area contributed by atoms with Crippen molar-refractivity contribution in [3.8, 4) is 6.07 Å². The van der Waals surface area contributed by atoms with E-state index in [0.29, 0.717) is 54.8 Å². The maximum Gasteiger partial charge on any atom is 0.323 e. The molecule has 0 unspecified atom stereocenters. The largest absolute Gasteiger partial charge is 0.370 e. The Labute approximate surface area is 172 Å². The minimum atomic E-state index is -0.431. The van der Waals surface area contributed by atoms with Crippen LogP contribution in [0.15, 0.2) is 41.2 Å². The first kappa shape index (κ1) is 19.7. The minimum absolute atomic E-state index is 0.0500. The van der Waals surface area contributed by atoms with E-state index in [4.69, 9.17) is 0 Å². The number of nitrogens with zero attached hydrogens (tertiary/aromatic N) is 3. The number of aromatic nitrogens is 2. The Balaban J connectivity index is 1.48. The second-order valence-electron chi connectivity index (χ2n) is 7.43. The van der Waals surface area contributed by atoms with Gasteiger partial charge in [-0.2, -0.15) is 5.26 Å². The molecule has 4 rings (SSSR count). The normalized spacial score (nSPS) is 14.6. The molecule has 1 aliphatic heterocycles. The van der Waals surface area contributed by atoms with Crippen molar-refractivity contribution in [2.24, 2.45) is 5.92 Å². The molecule has 1 saturated heterocycles. The Bertz CT molecular complexity index is 1180. The molecule has 2 heterocycles. The Morgan fingerprint density at radius 2 is 1.93 bits per heavy atom. The molecule has 2 aromatic carbocycles. The lowest BCUT2D eigenvalue weighted by Gasteiger charge is -2.35. The lowest BCUT2D eigenvalue weighted by molar-refractivity contribution is -0.122. The molecule has 1 aliphatic rings. The highest BCUT2D eigenvalue weighted by molar-refractivity contribution is 5.96. The number of nitrogens with one attached hydrogen (secondary N) is 2. The molecule has 1 fully saturated rings. The van der Waals surface area contributed by atoms with Crippen LogP contribution in [0.4, 0.5) is 15.8 Å². The van der Waals surface area contributed by atoms with E-state index in [1.54, 1.807) is 17.0 Å². The summed E-state index contributed by atoms with van der Waals surface area (Å²) in [5.41, 5.74) is 2.86. The van der Waals surface area contributed by atoms with E-state index in [0.717, 1.165) is 5.69 Å².